The normalized spacial score (nSPS) is 14.2. The van der Waals surface area contributed by atoms with Gasteiger partial charge < -0.3 is 10.5 Å². The molecule has 2 atom stereocenters. The van der Waals surface area contributed by atoms with Crippen molar-refractivity contribution in [2.24, 2.45) is 5.73 Å². The van der Waals surface area contributed by atoms with Crippen molar-refractivity contribution in [3.8, 4) is 0 Å². The molecule has 0 unspecified atom stereocenters. The van der Waals surface area contributed by atoms with Gasteiger partial charge in [0.15, 0.2) is 0 Å². The molecule has 0 amide bonds. The van der Waals surface area contributed by atoms with Gasteiger partial charge in [0, 0.05) is 6.04 Å². The zero-order valence-corrected chi connectivity index (χ0v) is 13.3. The van der Waals surface area contributed by atoms with Gasteiger partial charge in [-0.1, -0.05) is 60.7 Å². The molecule has 0 saturated carbocycles. The van der Waals surface area contributed by atoms with Crippen LogP contribution in [-0.2, 0) is 9.53 Å². The minimum absolute atomic E-state index is 0.296. The Morgan fingerprint density at radius 1 is 0.909 bits per heavy atom. The van der Waals surface area contributed by atoms with Gasteiger partial charge in [-0.05, 0) is 31.9 Å². The third-order valence-electron chi connectivity index (χ3n) is 3.36. The standard InChI is InChI=1S/C19H23NO2/c1-19(2,3)22-18(21)16(14-10-6-4-7-11-14)17(20)15-12-8-5-9-13-15/h4-13,16-17H,20H2,1-3H3/t16-,17+/m0/s1. The molecule has 0 aliphatic carbocycles. The quantitative estimate of drug-likeness (QED) is 0.873. The van der Waals surface area contributed by atoms with E-state index in [0.717, 1.165) is 11.1 Å². The van der Waals surface area contributed by atoms with Gasteiger partial charge in [0.1, 0.15) is 11.5 Å². The lowest BCUT2D eigenvalue weighted by atomic mass is 9.87. The van der Waals surface area contributed by atoms with E-state index in [1.54, 1.807) is 0 Å². The molecule has 2 aromatic rings. The molecule has 3 heteroatoms. The number of nitrogens with two attached hydrogens (primary N) is 1. The van der Waals surface area contributed by atoms with Crippen LogP contribution in [0, 0.1) is 0 Å². The summed E-state index contributed by atoms with van der Waals surface area (Å²) in [5, 5.41) is 0. The van der Waals surface area contributed by atoms with Gasteiger partial charge in [0.2, 0.25) is 0 Å². The fourth-order valence-electron chi connectivity index (χ4n) is 2.38. The van der Waals surface area contributed by atoms with Crippen molar-refractivity contribution in [2.75, 3.05) is 0 Å². The third kappa shape index (κ3) is 4.18. The van der Waals surface area contributed by atoms with Gasteiger partial charge in [-0.2, -0.15) is 0 Å². The van der Waals surface area contributed by atoms with Gasteiger partial charge >= 0.3 is 5.97 Å². The van der Waals surface area contributed by atoms with Crippen molar-refractivity contribution in [2.45, 2.75) is 38.3 Å². The maximum absolute atomic E-state index is 12.7. The molecular formula is C19H23NO2. The summed E-state index contributed by atoms with van der Waals surface area (Å²) in [4.78, 5) is 12.7. The lowest BCUT2D eigenvalue weighted by Gasteiger charge is -2.27. The van der Waals surface area contributed by atoms with E-state index in [-0.39, 0.29) is 5.97 Å². The molecule has 0 heterocycles. The minimum Gasteiger partial charge on any atom is -0.459 e. The highest BCUT2D eigenvalue weighted by atomic mass is 16.6. The van der Waals surface area contributed by atoms with Gasteiger partial charge in [-0.15, -0.1) is 0 Å². The molecule has 0 aromatic heterocycles. The molecular weight excluding hydrogens is 274 g/mol. The predicted molar refractivity (Wildman–Crippen MR) is 88.4 cm³/mol. The summed E-state index contributed by atoms with van der Waals surface area (Å²) < 4.78 is 5.58. The summed E-state index contributed by atoms with van der Waals surface area (Å²) in [6, 6.07) is 18.8. The number of ether oxygens (including phenoxy) is 1. The molecule has 0 radical (unpaired) electrons. The molecule has 2 aromatic carbocycles. The molecule has 0 aliphatic heterocycles. The number of hydrogen-bond donors (Lipinski definition) is 1. The second-order valence-corrected chi connectivity index (χ2v) is 6.36. The molecule has 2 rings (SSSR count). The van der Waals surface area contributed by atoms with Crippen molar-refractivity contribution in [3.05, 3.63) is 71.8 Å². The fraction of sp³-hybridized carbons (Fsp3) is 0.316. The van der Waals surface area contributed by atoms with Gasteiger partial charge in [0.25, 0.3) is 0 Å². The first-order chi connectivity index (χ1) is 10.4. The lowest BCUT2D eigenvalue weighted by molar-refractivity contribution is -0.157. The molecule has 116 valence electrons. The summed E-state index contributed by atoms with van der Waals surface area (Å²) in [6.07, 6.45) is 0. The van der Waals surface area contributed by atoms with Gasteiger partial charge in [0.05, 0.1) is 0 Å². The zero-order chi connectivity index (χ0) is 16.2. The summed E-state index contributed by atoms with van der Waals surface area (Å²) in [7, 11) is 0. The van der Waals surface area contributed by atoms with Crippen LogP contribution in [0.5, 0.6) is 0 Å². The minimum atomic E-state index is -0.541. The number of hydrogen-bond acceptors (Lipinski definition) is 3. The number of benzene rings is 2. The van der Waals surface area contributed by atoms with Gasteiger partial charge in [-0.25, -0.2) is 0 Å². The Hall–Kier alpha value is -2.13. The SMILES string of the molecule is CC(C)(C)OC(=O)[C@@H](c1ccccc1)[C@H](N)c1ccccc1. The predicted octanol–water partition coefficient (Wildman–Crippen LogP) is 3.81. The van der Waals surface area contributed by atoms with Crippen LogP contribution in [0.4, 0.5) is 0 Å². The Balaban J connectivity index is 2.36. The van der Waals surface area contributed by atoms with Crippen LogP contribution in [0.3, 0.4) is 0 Å². The topological polar surface area (TPSA) is 52.3 Å². The van der Waals surface area contributed by atoms with Crippen LogP contribution in [0.1, 0.15) is 43.9 Å². The molecule has 22 heavy (non-hydrogen) atoms. The molecule has 0 saturated heterocycles. The number of rotatable bonds is 4. The smallest absolute Gasteiger partial charge is 0.315 e. The van der Waals surface area contributed by atoms with Crippen molar-refractivity contribution in [3.63, 3.8) is 0 Å². The van der Waals surface area contributed by atoms with Crippen molar-refractivity contribution >= 4 is 5.97 Å². The molecule has 2 N–H and O–H groups in total. The Morgan fingerprint density at radius 2 is 1.36 bits per heavy atom. The lowest BCUT2D eigenvalue weighted by Crippen LogP contribution is -2.33. The van der Waals surface area contributed by atoms with Crippen LogP contribution in [0.2, 0.25) is 0 Å². The first-order valence-corrected chi connectivity index (χ1v) is 7.47. The Morgan fingerprint density at radius 3 is 1.82 bits per heavy atom. The maximum Gasteiger partial charge on any atom is 0.315 e. The van der Waals surface area contributed by atoms with E-state index in [0.29, 0.717) is 0 Å². The van der Waals surface area contributed by atoms with E-state index in [1.807, 2.05) is 81.4 Å². The molecule has 0 bridgehead atoms. The molecule has 0 aliphatic rings. The largest absolute Gasteiger partial charge is 0.459 e. The van der Waals surface area contributed by atoms with E-state index >= 15 is 0 Å². The summed E-state index contributed by atoms with van der Waals surface area (Å²) in [5.74, 6) is -0.821. The Labute approximate surface area is 132 Å². The second kappa shape index (κ2) is 6.75. The fourth-order valence-corrected chi connectivity index (χ4v) is 2.38. The monoisotopic (exact) mass is 297 g/mol. The van der Waals surface area contributed by atoms with Crippen LogP contribution in [0.25, 0.3) is 0 Å². The maximum atomic E-state index is 12.7. The number of esters is 1. The zero-order valence-electron chi connectivity index (χ0n) is 13.3. The summed E-state index contributed by atoms with van der Waals surface area (Å²) >= 11 is 0. The van der Waals surface area contributed by atoms with Gasteiger partial charge in [-0.3, -0.25) is 4.79 Å². The Bertz CT molecular complexity index is 602. The van der Waals surface area contributed by atoms with Crippen molar-refractivity contribution in [1.82, 2.24) is 0 Å². The first-order valence-electron chi connectivity index (χ1n) is 7.47. The highest BCUT2D eigenvalue weighted by Gasteiger charge is 2.32. The average Bonchev–Trinajstić information content (AvgIpc) is 2.47. The molecule has 3 nitrogen and oxygen atoms in total. The summed E-state index contributed by atoms with van der Waals surface area (Å²) in [6.45, 7) is 5.59. The van der Waals surface area contributed by atoms with Crippen molar-refractivity contribution in [1.29, 1.82) is 0 Å². The van der Waals surface area contributed by atoms with Crippen LogP contribution in [0.15, 0.2) is 60.7 Å². The van der Waals surface area contributed by atoms with Crippen LogP contribution < -0.4 is 5.73 Å². The van der Waals surface area contributed by atoms with Crippen LogP contribution in [-0.4, -0.2) is 11.6 Å². The molecule has 0 fully saturated rings. The number of carbonyl (C=O) groups is 1. The highest BCUT2D eigenvalue weighted by Crippen LogP contribution is 2.31. The van der Waals surface area contributed by atoms with E-state index in [2.05, 4.69) is 0 Å². The summed E-state index contributed by atoms with van der Waals surface area (Å²) in [5.41, 5.74) is 7.64. The Kier molecular flexibility index (Phi) is 4.99. The van der Waals surface area contributed by atoms with Crippen molar-refractivity contribution < 1.29 is 9.53 Å². The second-order valence-electron chi connectivity index (χ2n) is 6.36. The van der Waals surface area contributed by atoms with E-state index < -0.39 is 17.6 Å². The van der Waals surface area contributed by atoms with E-state index in [4.69, 9.17) is 10.5 Å². The average molecular weight is 297 g/mol. The highest BCUT2D eigenvalue weighted by molar-refractivity contribution is 5.79. The van der Waals surface area contributed by atoms with E-state index in [1.165, 1.54) is 0 Å². The van der Waals surface area contributed by atoms with E-state index in [9.17, 15) is 4.79 Å². The molecule has 0 spiro atoms. The van der Waals surface area contributed by atoms with Crippen LogP contribution >= 0.6 is 0 Å². The third-order valence-corrected chi connectivity index (χ3v) is 3.36. The first kappa shape index (κ1) is 16.2. The number of carbonyl (C=O) groups excluding carboxylic acids is 1.